The van der Waals surface area contributed by atoms with Crippen molar-refractivity contribution in [3.05, 3.63) is 35.9 Å². The number of rotatable bonds is 3. The Kier molecular flexibility index (Phi) is 4.80. The van der Waals surface area contributed by atoms with Crippen molar-refractivity contribution >= 4 is 18.3 Å². The molecule has 0 aromatic heterocycles. The van der Waals surface area contributed by atoms with E-state index >= 15 is 0 Å². The maximum Gasteiger partial charge on any atom is 0.431 e. The van der Waals surface area contributed by atoms with E-state index in [0.717, 1.165) is 10.6 Å². The van der Waals surface area contributed by atoms with Crippen LogP contribution in [0.1, 0.15) is 32.8 Å². The van der Waals surface area contributed by atoms with Crippen LogP contribution >= 0.6 is 0 Å². The molecule has 0 fully saturated rings. The third kappa shape index (κ3) is 4.31. The predicted molar refractivity (Wildman–Crippen MR) is 81.2 cm³/mol. The van der Waals surface area contributed by atoms with E-state index < -0.39 is 23.7 Å². The lowest BCUT2D eigenvalue weighted by atomic mass is 10.1. The Morgan fingerprint density at radius 3 is 2.59 bits per heavy atom. The first kappa shape index (κ1) is 16.0. The summed E-state index contributed by atoms with van der Waals surface area (Å²) in [4.78, 5) is 24.2. The lowest BCUT2D eigenvalue weighted by Crippen LogP contribution is -2.42. The van der Waals surface area contributed by atoms with E-state index in [1.165, 1.54) is 6.21 Å². The highest BCUT2D eigenvalue weighted by atomic mass is 16.6. The third-order valence-electron chi connectivity index (χ3n) is 2.90. The van der Waals surface area contributed by atoms with E-state index in [0.29, 0.717) is 6.42 Å². The molecular weight excluding hydrogens is 284 g/mol. The van der Waals surface area contributed by atoms with Crippen molar-refractivity contribution in [2.75, 3.05) is 0 Å². The van der Waals surface area contributed by atoms with Gasteiger partial charge in [-0.1, -0.05) is 30.3 Å². The fraction of sp³-hybridized carbons (Fsp3) is 0.438. The zero-order valence-corrected chi connectivity index (χ0v) is 13.0. The number of amides is 1. The normalized spacial score (nSPS) is 17.4. The van der Waals surface area contributed by atoms with E-state index in [-0.39, 0.29) is 6.61 Å². The second-order valence-electron chi connectivity index (χ2n) is 5.97. The fourth-order valence-corrected chi connectivity index (χ4v) is 1.94. The molecule has 118 valence electrons. The molecule has 1 aliphatic rings. The molecule has 1 amide bonds. The van der Waals surface area contributed by atoms with Crippen LogP contribution in [0.4, 0.5) is 4.79 Å². The summed E-state index contributed by atoms with van der Waals surface area (Å²) in [6.45, 7) is 5.46. The van der Waals surface area contributed by atoms with Crippen molar-refractivity contribution in [2.45, 2.75) is 45.4 Å². The van der Waals surface area contributed by atoms with Crippen LogP contribution in [0, 0.1) is 0 Å². The van der Waals surface area contributed by atoms with E-state index in [4.69, 9.17) is 9.47 Å². The maximum absolute atomic E-state index is 12.1. The van der Waals surface area contributed by atoms with Gasteiger partial charge in [0.1, 0.15) is 12.2 Å². The van der Waals surface area contributed by atoms with Gasteiger partial charge in [-0.25, -0.2) is 9.59 Å². The van der Waals surface area contributed by atoms with Crippen LogP contribution in [0.3, 0.4) is 0 Å². The Bertz CT molecular complexity index is 563. The minimum atomic E-state index is -0.762. The zero-order chi connectivity index (χ0) is 16.2. The molecule has 1 aromatic rings. The predicted octanol–water partition coefficient (Wildman–Crippen LogP) is 2.73. The van der Waals surface area contributed by atoms with Crippen molar-refractivity contribution in [3.8, 4) is 0 Å². The number of carbonyl (C=O) groups excluding carboxylic acids is 2. The van der Waals surface area contributed by atoms with Gasteiger partial charge in [0.2, 0.25) is 0 Å². The van der Waals surface area contributed by atoms with Crippen molar-refractivity contribution < 1.29 is 19.1 Å². The van der Waals surface area contributed by atoms with Gasteiger partial charge in [-0.3, -0.25) is 0 Å². The van der Waals surface area contributed by atoms with Gasteiger partial charge >= 0.3 is 12.1 Å². The monoisotopic (exact) mass is 304 g/mol. The van der Waals surface area contributed by atoms with Gasteiger partial charge < -0.3 is 9.47 Å². The molecule has 6 heteroatoms. The minimum absolute atomic E-state index is 0.132. The van der Waals surface area contributed by atoms with Gasteiger partial charge in [-0.05, 0) is 26.3 Å². The van der Waals surface area contributed by atoms with Gasteiger partial charge in [0.15, 0.2) is 6.04 Å². The third-order valence-corrected chi connectivity index (χ3v) is 2.90. The van der Waals surface area contributed by atoms with E-state index in [9.17, 15) is 9.59 Å². The van der Waals surface area contributed by atoms with Gasteiger partial charge in [0, 0.05) is 12.6 Å². The molecule has 1 atom stereocenters. The van der Waals surface area contributed by atoms with Crippen LogP contribution in [-0.2, 0) is 20.9 Å². The lowest BCUT2D eigenvalue weighted by molar-refractivity contribution is -0.160. The van der Waals surface area contributed by atoms with E-state index in [1.54, 1.807) is 20.8 Å². The number of hydrazone groups is 1. The highest BCUT2D eigenvalue weighted by molar-refractivity contribution is 5.87. The van der Waals surface area contributed by atoms with Gasteiger partial charge in [-0.15, -0.1) is 0 Å². The quantitative estimate of drug-likeness (QED) is 0.805. The molecule has 0 aliphatic carbocycles. The average molecular weight is 304 g/mol. The van der Waals surface area contributed by atoms with Gasteiger partial charge in [-0.2, -0.15) is 10.1 Å². The summed E-state index contributed by atoms with van der Waals surface area (Å²) in [7, 11) is 0. The molecule has 1 aromatic carbocycles. The Morgan fingerprint density at radius 1 is 1.27 bits per heavy atom. The Labute approximate surface area is 129 Å². The summed E-state index contributed by atoms with van der Waals surface area (Å²) in [5.41, 5.74) is 0.257. The second-order valence-corrected chi connectivity index (χ2v) is 5.97. The van der Waals surface area contributed by atoms with E-state index in [2.05, 4.69) is 5.10 Å². The highest BCUT2D eigenvalue weighted by Crippen LogP contribution is 2.18. The number of hydrogen-bond acceptors (Lipinski definition) is 5. The summed E-state index contributed by atoms with van der Waals surface area (Å²) in [5.74, 6) is -0.485. The average Bonchev–Trinajstić information content (AvgIpc) is 2.93. The number of carbonyl (C=O) groups is 2. The first-order chi connectivity index (χ1) is 10.4. The molecular formula is C16H20N2O4. The molecule has 22 heavy (non-hydrogen) atoms. The van der Waals surface area contributed by atoms with Gasteiger partial charge in [0.05, 0.1) is 0 Å². The summed E-state index contributed by atoms with van der Waals surface area (Å²) < 4.78 is 10.5. The second kappa shape index (κ2) is 6.60. The number of esters is 1. The largest absolute Gasteiger partial charge is 0.458 e. The molecule has 2 rings (SSSR count). The highest BCUT2D eigenvalue weighted by Gasteiger charge is 2.36. The van der Waals surface area contributed by atoms with Gasteiger partial charge in [0.25, 0.3) is 0 Å². The van der Waals surface area contributed by atoms with Crippen molar-refractivity contribution in [1.29, 1.82) is 0 Å². The summed E-state index contributed by atoms with van der Waals surface area (Å²) >= 11 is 0. The number of benzene rings is 1. The molecule has 0 saturated carbocycles. The summed E-state index contributed by atoms with van der Waals surface area (Å²) in [6.07, 6.45) is 1.18. The smallest absolute Gasteiger partial charge is 0.431 e. The van der Waals surface area contributed by atoms with Crippen molar-refractivity contribution in [1.82, 2.24) is 5.01 Å². The molecule has 0 spiro atoms. The first-order valence-electron chi connectivity index (χ1n) is 7.12. The van der Waals surface area contributed by atoms with Crippen molar-refractivity contribution in [3.63, 3.8) is 0 Å². The Morgan fingerprint density at radius 2 is 1.95 bits per heavy atom. The van der Waals surface area contributed by atoms with E-state index in [1.807, 2.05) is 30.3 Å². The molecule has 1 aliphatic heterocycles. The number of nitrogens with zero attached hydrogens (tertiary/aromatic N) is 2. The molecule has 0 saturated heterocycles. The summed E-state index contributed by atoms with van der Waals surface area (Å²) in [6, 6.07) is 8.55. The minimum Gasteiger partial charge on any atom is -0.458 e. The number of hydrogen-bond donors (Lipinski definition) is 0. The molecule has 1 unspecified atom stereocenters. The standard InChI is InChI=1S/C16H20N2O4/c1-16(2,3)22-14(19)13-9-10-17-18(13)15(20)21-11-12-7-5-4-6-8-12/h4-8,10,13H,9,11H2,1-3H3. The fourth-order valence-electron chi connectivity index (χ4n) is 1.94. The first-order valence-corrected chi connectivity index (χ1v) is 7.12. The van der Waals surface area contributed by atoms with Crippen LogP contribution in [0.5, 0.6) is 0 Å². The Balaban J connectivity index is 1.93. The maximum atomic E-state index is 12.1. The van der Waals surface area contributed by atoms with Crippen LogP contribution < -0.4 is 0 Å². The van der Waals surface area contributed by atoms with Crippen LogP contribution in [0.2, 0.25) is 0 Å². The number of ether oxygens (including phenoxy) is 2. The SMILES string of the molecule is CC(C)(C)OC(=O)C1CC=NN1C(=O)OCc1ccccc1. The molecule has 0 N–H and O–H groups in total. The molecule has 0 radical (unpaired) electrons. The molecule has 1 heterocycles. The molecule has 6 nitrogen and oxygen atoms in total. The topological polar surface area (TPSA) is 68.2 Å². The zero-order valence-electron chi connectivity index (χ0n) is 13.0. The van der Waals surface area contributed by atoms with Crippen LogP contribution in [0.15, 0.2) is 35.4 Å². The molecule has 0 bridgehead atoms. The van der Waals surface area contributed by atoms with Crippen LogP contribution in [-0.4, -0.2) is 34.9 Å². The van der Waals surface area contributed by atoms with Crippen LogP contribution in [0.25, 0.3) is 0 Å². The Hall–Kier alpha value is -2.37. The lowest BCUT2D eigenvalue weighted by Gasteiger charge is -2.25. The summed E-state index contributed by atoms with van der Waals surface area (Å²) in [5, 5.41) is 4.95. The van der Waals surface area contributed by atoms with Crippen molar-refractivity contribution in [2.24, 2.45) is 5.10 Å².